The second-order valence-electron chi connectivity index (χ2n) is 10.7. The SMILES string of the molecule is CCOC(=O)C1=C(C)C2(Br)[C@@H]3C(=O)N(c4ccc(Cl)cc4)C(=O)[C@@H]3C1(C)[C@H]1C(=O)N(c3ccc(Cl)cc3)C(=O)[C@@H]12. The van der Waals surface area contributed by atoms with Gasteiger partial charge in [-0.3, -0.25) is 19.2 Å². The molecule has 0 N–H and O–H groups in total. The van der Waals surface area contributed by atoms with E-state index < -0.39 is 63.0 Å². The predicted octanol–water partition coefficient (Wildman–Crippen LogP) is 4.95. The minimum atomic E-state index is -1.51. The van der Waals surface area contributed by atoms with E-state index in [-0.39, 0.29) is 12.2 Å². The van der Waals surface area contributed by atoms with Crippen LogP contribution >= 0.6 is 39.1 Å². The maximum atomic E-state index is 14.2. The van der Waals surface area contributed by atoms with Crippen molar-refractivity contribution >= 4 is 80.1 Å². The molecule has 4 amide bonds. The van der Waals surface area contributed by atoms with Crippen LogP contribution in [0.2, 0.25) is 10.0 Å². The molecule has 7 rings (SSSR count). The first kappa shape index (κ1) is 27.2. The van der Waals surface area contributed by atoms with Gasteiger partial charge in [-0.2, -0.15) is 0 Å². The van der Waals surface area contributed by atoms with E-state index in [2.05, 4.69) is 15.9 Å². The average molecular weight is 646 g/mol. The van der Waals surface area contributed by atoms with E-state index >= 15 is 0 Å². The summed E-state index contributed by atoms with van der Waals surface area (Å²) in [5.74, 6) is -7.16. The van der Waals surface area contributed by atoms with Crippen molar-refractivity contribution in [1.29, 1.82) is 0 Å². The number of allylic oxidation sites excluding steroid dienone is 1. The quantitative estimate of drug-likeness (QED) is 0.265. The van der Waals surface area contributed by atoms with Crippen molar-refractivity contribution in [2.75, 3.05) is 16.4 Å². The van der Waals surface area contributed by atoms with Gasteiger partial charge in [0.05, 0.1) is 46.0 Å². The highest BCUT2D eigenvalue weighted by molar-refractivity contribution is 9.10. The van der Waals surface area contributed by atoms with Gasteiger partial charge >= 0.3 is 5.97 Å². The van der Waals surface area contributed by atoms with Crippen molar-refractivity contribution in [3.63, 3.8) is 0 Å². The summed E-state index contributed by atoms with van der Waals surface area (Å²) in [5.41, 5.74) is -0.327. The first-order valence-electron chi connectivity index (χ1n) is 12.7. The van der Waals surface area contributed by atoms with E-state index in [9.17, 15) is 24.0 Å². The Hall–Kier alpha value is -3.01. The molecule has 2 bridgehead atoms. The number of alkyl halides is 1. The highest BCUT2D eigenvalue weighted by atomic mass is 79.9. The molecule has 1 saturated carbocycles. The van der Waals surface area contributed by atoms with Gasteiger partial charge < -0.3 is 4.74 Å². The lowest BCUT2D eigenvalue weighted by Gasteiger charge is -2.59. The number of carbonyl (C=O) groups is 5. The number of halogens is 3. The summed E-state index contributed by atoms with van der Waals surface area (Å²) in [6.45, 7) is 5.02. The maximum absolute atomic E-state index is 14.2. The Kier molecular flexibility index (Phi) is 6.11. The molecule has 2 aromatic carbocycles. The molecule has 2 heterocycles. The first-order valence-corrected chi connectivity index (χ1v) is 14.3. The third-order valence-electron chi connectivity index (χ3n) is 8.95. The van der Waals surface area contributed by atoms with E-state index in [0.29, 0.717) is 27.0 Å². The van der Waals surface area contributed by atoms with E-state index in [0.717, 1.165) is 9.80 Å². The van der Waals surface area contributed by atoms with Crippen LogP contribution in [0.25, 0.3) is 0 Å². The van der Waals surface area contributed by atoms with Crippen LogP contribution < -0.4 is 9.80 Å². The van der Waals surface area contributed by atoms with Crippen molar-refractivity contribution in [2.45, 2.75) is 25.1 Å². The zero-order valence-corrected chi connectivity index (χ0v) is 24.7. The summed E-state index contributed by atoms with van der Waals surface area (Å²) in [6.07, 6.45) is 0. The second-order valence-corrected chi connectivity index (χ2v) is 12.8. The molecule has 0 spiro atoms. The Bertz CT molecular complexity index is 1460. The second kappa shape index (κ2) is 8.99. The maximum Gasteiger partial charge on any atom is 0.334 e. The molecule has 0 aromatic heterocycles. The molecule has 5 aliphatic rings. The number of benzene rings is 2. The monoisotopic (exact) mass is 644 g/mol. The van der Waals surface area contributed by atoms with E-state index in [4.69, 9.17) is 27.9 Å². The Morgan fingerprint density at radius 2 is 1.18 bits per heavy atom. The molecule has 0 radical (unpaired) electrons. The summed E-state index contributed by atoms with van der Waals surface area (Å²) >= 11 is 15.8. The molecular formula is C29H23BrCl2N2O6. The fourth-order valence-corrected chi connectivity index (χ4v) is 8.79. The molecular weight excluding hydrogens is 623 g/mol. The number of anilines is 2. The summed E-state index contributed by atoms with van der Waals surface area (Å²) in [4.78, 5) is 72.5. The van der Waals surface area contributed by atoms with Gasteiger partial charge in [0.25, 0.3) is 0 Å². The third-order valence-corrected chi connectivity index (χ3v) is 11.0. The van der Waals surface area contributed by atoms with Crippen LogP contribution in [0.4, 0.5) is 11.4 Å². The van der Waals surface area contributed by atoms with Gasteiger partial charge in [0.2, 0.25) is 23.6 Å². The lowest BCUT2D eigenvalue weighted by atomic mass is 9.43. The van der Waals surface area contributed by atoms with Gasteiger partial charge in [-0.05, 0) is 68.0 Å². The Morgan fingerprint density at radius 3 is 1.55 bits per heavy atom. The topological polar surface area (TPSA) is 101 Å². The lowest BCUT2D eigenvalue weighted by molar-refractivity contribution is -0.152. The molecule has 2 aliphatic heterocycles. The number of esters is 1. The van der Waals surface area contributed by atoms with Crippen LogP contribution in [-0.2, 0) is 28.7 Å². The molecule has 6 atom stereocenters. The Balaban J connectivity index is 1.58. The smallest absolute Gasteiger partial charge is 0.334 e. The minimum absolute atomic E-state index is 0.0662. The van der Waals surface area contributed by atoms with Gasteiger partial charge in [0, 0.05) is 21.0 Å². The van der Waals surface area contributed by atoms with Crippen LogP contribution in [0.1, 0.15) is 20.8 Å². The molecule has 2 saturated heterocycles. The summed E-state index contributed by atoms with van der Waals surface area (Å²) < 4.78 is 3.92. The molecule has 8 nitrogen and oxygen atoms in total. The number of hydrogen-bond donors (Lipinski definition) is 0. The average Bonchev–Trinajstić information content (AvgIpc) is 3.34. The molecule has 3 aliphatic carbocycles. The first-order chi connectivity index (χ1) is 18.9. The summed E-state index contributed by atoms with van der Waals surface area (Å²) in [7, 11) is 0. The van der Waals surface area contributed by atoms with E-state index in [1.165, 1.54) is 0 Å². The van der Waals surface area contributed by atoms with Gasteiger partial charge in [-0.25, -0.2) is 14.6 Å². The number of nitrogens with zero attached hydrogens (tertiary/aromatic N) is 2. The largest absolute Gasteiger partial charge is 0.463 e. The minimum Gasteiger partial charge on any atom is -0.463 e. The van der Waals surface area contributed by atoms with Crippen molar-refractivity contribution in [3.8, 4) is 0 Å². The van der Waals surface area contributed by atoms with Gasteiger partial charge in [-0.15, -0.1) is 0 Å². The normalized spacial score (nSPS) is 32.6. The van der Waals surface area contributed by atoms with Crippen molar-refractivity contribution < 1.29 is 28.7 Å². The third kappa shape index (κ3) is 3.22. The fourth-order valence-electron chi connectivity index (χ4n) is 7.42. The van der Waals surface area contributed by atoms with Crippen LogP contribution in [0.3, 0.4) is 0 Å². The highest BCUT2D eigenvalue weighted by Crippen LogP contribution is 2.72. The number of hydrogen-bond acceptors (Lipinski definition) is 6. The number of amides is 4. The molecule has 3 fully saturated rings. The standard InChI is InChI=1S/C29H23BrCl2N2O6/c1-4-40-27(39)18-13(2)29(30)21-19(23(35)33(25(21)37)16-9-5-14(31)6-10-16)28(18,3)20-22(29)26(38)34(24(20)36)17-11-7-15(32)8-12-17/h5-12,19-22H,4H2,1-3H3/t19-,20-,21-,22+,28?,29?/m1/s1. The number of carbonyl (C=O) groups excluding carboxylic acids is 5. The van der Waals surface area contributed by atoms with Crippen LogP contribution in [-0.4, -0.2) is 40.5 Å². The predicted molar refractivity (Wildman–Crippen MR) is 151 cm³/mol. The zero-order chi connectivity index (χ0) is 28.9. The van der Waals surface area contributed by atoms with E-state index in [1.54, 1.807) is 69.3 Å². The zero-order valence-electron chi connectivity index (χ0n) is 21.6. The van der Waals surface area contributed by atoms with Crippen molar-refractivity contribution in [2.24, 2.45) is 29.1 Å². The number of ether oxygens (including phenoxy) is 1. The highest BCUT2D eigenvalue weighted by Gasteiger charge is 2.81. The molecule has 2 unspecified atom stereocenters. The van der Waals surface area contributed by atoms with Gasteiger partial charge in [0.1, 0.15) is 0 Å². The Morgan fingerprint density at radius 1 is 0.800 bits per heavy atom. The number of rotatable bonds is 4. The van der Waals surface area contributed by atoms with E-state index in [1.807, 2.05) is 0 Å². The van der Waals surface area contributed by atoms with Gasteiger partial charge in [-0.1, -0.05) is 46.1 Å². The van der Waals surface area contributed by atoms with Crippen LogP contribution in [0.5, 0.6) is 0 Å². The Labute approximate surface area is 248 Å². The summed E-state index contributed by atoms with van der Waals surface area (Å²) in [6, 6.07) is 12.5. The molecule has 40 heavy (non-hydrogen) atoms. The molecule has 11 heteroatoms. The number of imide groups is 2. The van der Waals surface area contributed by atoms with Crippen molar-refractivity contribution in [3.05, 3.63) is 69.7 Å². The fraction of sp³-hybridized carbons (Fsp3) is 0.345. The lowest BCUT2D eigenvalue weighted by Crippen LogP contribution is -2.67. The van der Waals surface area contributed by atoms with Crippen molar-refractivity contribution in [1.82, 2.24) is 0 Å². The summed E-state index contributed by atoms with van der Waals surface area (Å²) in [5, 5.41) is 0.860. The van der Waals surface area contributed by atoms with Crippen LogP contribution in [0, 0.1) is 29.1 Å². The molecule has 2 aromatic rings. The van der Waals surface area contributed by atoms with Gasteiger partial charge in [0.15, 0.2) is 0 Å². The molecule has 206 valence electrons. The van der Waals surface area contributed by atoms with Crippen LogP contribution in [0.15, 0.2) is 59.7 Å².